The van der Waals surface area contributed by atoms with Gasteiger partial charge in [0, 0.05) is 0 Å². The molecule has 0 fully saturated rings. The minimum atomic E-state index is -1.63. The lowest BCUT2D eigenvalue weighted by Gasteiger charge is -2.48. The van der Waals surface area contributed by atoms with Gasteiger partial charge in [-0.25, -0.2) is 0 Å². The zero-order chi connectivity index (χ0) is 10.2. The van der Waals surface area contributed by atoms with Crippen molar-refractivity contribution in [1.29, 1.82) is 0 Å². The molecule has 0 aliphatic carbocycles. The highest BCUT2D eigenvalue weighted by atomic mass is 28.3. The minimum absolute atomic E-state index is 0.306. The Bertz CT molecular complexity index is 136. The van der Waals surface area contributed by atoms with Gasteiger partial charge in [-0.3, -0.25) is 0 Å². The third-order valence-electron chi connectivity index (χ3n) is 3.23. The van der Waals surface area contributed by atoms with E-state index in [0.29, 0.717) is 10.1 Å². The van der Waals surface area contributed by atoms with E-state index in [-0.39, 0.29) is 0 Å². The Balaban J connectivity index is 4.95. The van der Waals surface area contributed by atoms with Crippen molar-refractivity contribution in [3.63, 3.8) is 0 Å². The molecule has 2 N–H and O–H groups in total. The van der Waals surface area contributed by atoms with Crippen molar-refractivity contribution < 1.29 is 0 Å². The molecule has 0 aliphatic rings. The van der Waals surface area contributed by atoms with Crippen LogP contribution in [-0.2, 0) is 0 Å². The summed E-state index contributed by atoms with van der Waals surface area (Å²) in [5, 5.41) is 7.20. The Kier molecular flexibility index (Phi) is 3.19. The van der Waals surface area contributed by atoms with Gasteiger partial charge in [-0.15, -0.1) is 0 Å². The predicted octanol–water partition coefficient (Wildman–Crippen LogP) is 3.51. The molecule has 0 bridgehead atoms. The van der Waals surface area contributed by atoms with Crippen LogP contribution in [0.3, 0.4) is 0 Å². The molecule has 0 amide bonds. The van der Waals surface area contributed by atoms with Crippen LogP contribution in [0.25, 0.3) is 0 Å². The third kappa shape index (κ3) is 1.91. The van der Waals surface area contributed by atoms with Crippen molar-refractivity contribution in [3.8, 4) is 0 Å². The first-order valence-corrected chi connectivity index (χ1v) is 7.13. The first-order chi connectivity index (χ1) is 5.06. The van der Waals surface area contributed by atoms with Crippen molar-refractivity contribution in [2.24, 2.45) is 5.40 Å². The topological polar surface area (TPSA) is 26.0 Å². The van der Waals surface area contributed by atoms with Crippen LogP contribution in [0.15, 0.2) is 0 Å². The molecule has 0 atom stereocenters. The SMILES string of the molecule is CC[Si](N)(C(C)(C)C)C(C)(C)C. The van der Waals surface area contributed by atoms with Crippen molar-refractivity contribution in [2.75, 3.05) is 0 Å². The number of nitrogens with two attached hydrogens (primary N) is 1. The average Bonchev–Trinajstić information content (AvgIpc) is 1.81. The van der Waals surface area contributed by atoms with Gasteiger partial charge in [-0.05, 0) is 16.1 Å². The van der Waals surface area contributed by atoms with Crippen LogP contribution in [0, 0.1) is 0 Å². The Morgan fingerprint density at radius 1 is 0.917 bits per heavy atom. The zero-order valence-electron chi connectivity index (χ0n) is 9.78. The van der Waals surface area contributed by atoms with E-state index in [4.69, 9.17) is 5.40 Å². The fraction of sp³-hybridized carbons (Fsp3) is 1.00. The monoisotopic (exact) mass is 187 g/mol. The quantitative estimate of drug-likeness (QED) is 0.625. The van der Waals surface area contributed by atoms with E-state index in [2.05, 4.69) is 48.5 Å². The van der Waals surface area contributed by atoms with Crippen LogP contribution in [0.2, 0.25) is 16.1 Å². The number of hydrogen-bond donors (Lipinski definition) is 1. The highest BCUT2D eigenvalue weighted by molar-refractivity contribution is 6.82. The molecule has 0 saturated heterocycles. The number of rotatable bonds is 1. The normalized spacial score (nSPS) is 15.0. The highest BCUT2D eigenvalue weighted by Gasteiger charge is 2.48. The van der Waals surface area contributed by atoms with Gasteiger partial charge in [0.1, 0.15) is 8.24 Å². The molecule has 0 heterocycles. The Labute approximate surface area is 78.8 Å². The Morgan fingerprint density at radius 2 is 1.17 bits per heavy atom. The molecule has 0 aromatic heterocycles. The molecule has 2 heteroatoms. The average molecular weight is 187 g/mol. The summed E-state index contributed by atoms with van der Waals surface area (Å²) in [5.74, 6) is 0. The van der Waals surface area contributed by atoms with Gasteiger partial charge in [0.15, 0.2) is 0 Å². The fourth-order valence-electron chi connectivity index (χ4n) is 2.19. The summed E-state index contributed by atoms with van der Waals surface area (Å²) >= 11 is 0. The van der Waals surface area contributed by atoms with Crippen molar-refractivity contribution in [1.82, 2.24) is 0 Å². The van der Waals surface area contributed by atoms with Gasteiger partial charge in [-0.2, -0.15) is 0 Å². The van der Waals surface area contributed by atoms with E-state index in [0.717, 1.165) is 0 Å². The predicted molar refractivity (Wildman–Crippen MR) is 59.9 cm³/mol. The molecule has 0 rings (SSSR count). The second-order valence-electron chi connectivity index (χ2n) is 5.82. The van der Waals surface area contributed by atoms with Crippen LogP contribution in [0.1, 0.15) is 48.5 Å². The lowest BCUT2D eigenvalue weighted by atomic mass is 10.2. The smallest absolute Gasteiger partial charge is 0.133 e. The molecule has 12 heavy (non-hydrogen) atoms. The molecule has 74 valence electrons. The maximum Gasteiger partial charge on any atom is 0.133 e. The van der Waals surface area contributed by atoms with Gasteiger partial charge < -0.3 is 5.40 Å². The molecule has 1 nitrogen and oxygen atoms in total. The van der Waals surface area contributed by atoms with E-state index in [1.54, 1.807) is 0 Å². The molecule has 0 aromatic rings. The molecule has 0 radical (unpaired) electrons. The van der Waals surface area contributed by atoms with Crippen LogP contribution in [0.4, 0.5) is 0 Å². The van der Waals surface area contributed by atoms with Gasteiger partial charge in [0.25, 0.3) is 0 Å². The van der Waals surface area contributed by atoms with Crippen LogP contribution in [-0.4, -0.2) is 8.24 Å². The summed E-state index contributed by atoms with van der Waals surface area (Å²) in [5.41, 5.74) is 0. The summed E-state index contributed by atoms with van der Waals surface area (Å²) in [7, 11) is -1.63. The summed E-state index contributed by atoms with van der Waals surface area (Å²) < 4.78 is 0. The fourth-order valence-corrected chi connectivity index (χ4v) is 6.56. The zero-order valence-corrected chi connectivity index (χ0v) is 10.8. The van der Waals surface area contributed by atoms with E-state index in [1.807, 2.05) is 0 Å². The van der Waals surface area contributed by atoms with Crippen LogP contribution >= 0.6 is 0 Å². The third-order valence-corrected chi connectivity index (χ3v) is 9.70. The minimum Gasteiger partial charge on any atom is -0.350 e. The first-order valence-electron chi connectivity index (χ1n) is 4.85. The largest absolute Gasteiger partial charge is 0.350 e. The molecular formula is C10H25NSi. The summed E-state index contributed by atoms with van der Waals surface area (Å²) in [4.78, 5) is 0. The van der Waals surface area contributed by atoms with E-state index in [1.165, 1.54) is 6.04 Å². The van der Waals surface area contributed by atoms with Crippen molar-refractivity contribution >= 4 is 8.24 Å². The van der Waals surface area contributed by atoms with Gasteiger partial charge in [0.2, 0.25) is 0 Å². The maximum absolute atomic E-state index is 6.59. The van der Waals surface area contributed by atoms with E-state index < -0.39 is 8.24 Å². The van der Waals surface area contributed by atoms with E-state index >= 15 is 0 Å². The van der Waals surface area contributed by atoms with Crippen molar-refractivity contribution in [2.45, 2.75) is 64.6 Å². The summed E-state index contributed by atoms with van der Waals surface area (Å²) in [6.45, 7) is 16.0. The van der Waals surface area contributed by atoms with Gasteiger partial charge in [-0.1, -0.05) is 48.5 Å². The lowest BCUT2D eigenvalue weighted by molar-refractivity contribution is 0.604. The second kappa shape index (κ2) is 3.15. The van der Waals surface area contributed by atoms with E-state index in [9.17, 15) is 0 Å². The summed E-state index contributed by atoms with van der Waals surface area (Å²) in [6, 6.07) is 1.17. The molecule has 0 saturated carbocycles. The summed E-state index contributed by atoms with van der Waals surface area (Å²) in [6.07, 6.45) is 0. The molecule has 0 aromatic carbocycles. The molecular weight excluding hydrogens is 162 g/mol. The van der Waals surface area contributed by atoms with Crippen molar-refractivity contribution in [3.05, 3.63) is 0 Å². The highest BCUT2D eigenvalue weighted by Crippen LogP contribution is 2.49. The first kappa shape index (κ1) is 12.2. The standard InChI is InChI=1S/C10H25NSi/c1-8-12(11,9(2,3)4)10(5,6)7/h8,11H2,1-7H3. The van der Waals surface area contributed by atoms with Gasteiger partial charge in [0.05, 0.1) is 0 Å². The number of hydrogen-bond acceptors (Lipinski definition) is 1. The lowest BCUT2D eigenvalue weighted by Crippen LogP contribution is -2.59. The Hall–Kier alpha value is 0.177. The maximum atomic E-state index is 6.59. The van der Waals surface area contributed by atoms with Crippen LogP contribution in [0.5, 0.6) is 0 Å². The second-order valence-corrected chi connectivity index (χ2v) is 11.5. The molecule has 0 spiro atoms. The van der Waals surface area contributed by atoms with Gasteiger partial charge >= 0.3 is 0 Å². The molecule has 0 aliphatic heterocycles. The molecule has 0 unspecified atom stereocenters. The van der Waals surface area contributed by atoms with Crippen LogP contribution < -0.4 is 5.40 Å². The Morgan fingerprint density at radius 3 is 1.17 bits per heavy atom.